The molecule has 1 aromatic rings. The van der Waals surface area contributed by atoms with Gasteiger partial charge < -0.3 is 10.4 Å². The van der Waals surface area contributed by atoms with E-state index in [0.717, 1.165) is 6.07 Å². The molecule has 2 N–H and O–H groups in total. The molecule has 0 spiro atoms. The maximum atomic E-state index is 12.6. The molecular formula is C11H15ClF3N3O. The third-order valence-electron chi connectivity index (χ3n) is 2.96. The fourth-order valence-electron chi connectivity index (χ4n) is 1.10. The van der Waals surface area contributed by atoms with Crippen molar-refractivity contribution in [3.05, 3.63) is 17.0 Å². The first-order valence-electron chi connectivity index (χ1n) is 5.45. The number of aliphatic hydroxyl groups is 1. The van der Waals surface area contributed by atoms with E-state index in [2.05, 4.69) is 15.3 Å². The smallest absolute Gasteiger partial charge is 0.388 e. The molecule has 0 bridgehead atoms. The first kappa shape index (κ1) is 16.0. The second kappa shape index (κ2) is 4.79. The first-order chi connectivity index (χ1) is 8.33. The van der Waals surface area contributed by atoms with Crippen LogP contribution in [0.5, 0.6) is 0 Å². The van der Waals surface area contributed by atoms with Gasteiger partial charge in [-0.2, -0.15) is 13.2 Å². The summed E-state index contributed by atoms with van der Waals surface area (Å²) in [6.07, 6.45) is -4.61. The third kappa shape index (κ3) is 3.94. The summed E-state index contributed by atoms with van der Waals surface area (Å²) < 4.78 is 37.8. The predicted molar refractivity (Wildman–Crippen MR) is 66.0 cm³/mol. The maximum absolute atomic E-state index is 12.6. The van der Waals surface area contributed by atoms with Crippen molar-refractivity contribution in [3.63, 3.8) is 0 Å². The molecule has 0 atom stereocenters. The number of halogens is 4. The van der Waals surface area contributed by atoms with Crippen LogP contribution in [0.4, 0.5) is 19.0 Å². The van der Waals surface area contributed by atoms with E-state index in [1.807, 2.05) is 0 Å². The highest BCUT2D eigenvalue weighted by Gasteiger charge is 2.37. The van der Waals surface area contributed by atoms with Crippen molar-refractivity contribution in [3.8, 4) is 0 Å². The molecule has 8 heteroatoms. The van der Waals surface area contributed by atoms with E-state index in [-0.39, 0.29) is 5.82 Å². The van der Waals surface area contributed by atoms with Gasteiger partial charge in [-0.3, -0.25) is 0 Å². The minimum Gasteiger partial charge on any atom is -0.388 e. The molecule has 1 aromatic heterocycles. The van der Waals surface area contributed by atoms with Gasteiger partial charge in [0.2, 0.25) is 5.28 Å². The van der Waals surface area contributed by atoms with E-state index in [0.29, 0.717) is 0 Å². The van der Waals surface area contributed by atoms with Crippen LogP contribution in [0.15, 0.2) is 6.07 Å². The molecule has 1 rings (SSSR count). The largest absolute Gasteiger partial charge is 0.433 e. The van der Waals surface area contributed by atoms with E-state index in [1.165, 1.54) is 13.8 Å². The Morgan fingerprint density at radius 2 is 1.68 bits per heavy atom. The van der Waals surface area contributed by atoms with Gasteiger partial charge >= 0.3 is 6.18 Å². The van der Waals surface area contributed by atoms with Gasteiger partial charge in [0.1, 0.15) is 5.82 Å². The lowest BCUT2D eigenvalue weighted by atomic mass is 9.86. The van der Waals surface area contributed by atoms with Crippen LogP contribution in [0, 0.1) is 0 Å². The molecule has 1 heterocycles. The second-order valence-corrected chi connectivity index (χ2v) is 5.55. The molecule has 0 saturated heterocycles. The number of nitrogens with one attached hydrogen (secondary N) is 1. The van der Waals surface area contributed by atoms with Crippen molar-refractivity contribution in [1.82, 2.24) is 9.97 Å². The van der Waals surface area contributed by atoms with Crippen LogP contribution in [0.25, 0.3) is 0 Å². The van der Waals surface area contributed by atoms with Gasteiger partial charge in [0.15, 0.2) is 5.69 Å². The zero-order chi connectivity index (χ0) is 15.1. The minimum atomic E-state index is -4.61. The Kier molecular flexibility index (Phi) is 4.03. The number of hydrogen-bond acceptors (Lipinski definition) is 4. The van der Waals surface area contributed by atoms with Gasteiger partial charge in [-0.05, 0) is 39.3 Å². The van der Waals surface area contributed by atoms with Crippen molar-refractivity contribution in [2.24, 2.45) is 0 Å². The van der Waals surface area contributed by atoms with Crippen LogP contribution < -0.4 is 5.32 Å². The molecule has 19 heavy (non-hydrogen) atoms. The molecule has 4 nitrogen and oxygen atoms in total. The number of alkyl halides is 3. The molecule has 0 aliphatic rings. The Labute approximate surface area is 114 Å². The Morgan fingerprint density at radius 3 is 2.11 bits per heavy atom. The van der Waals surface area contributed by atoms with Gasteiger partial charge in [0.25, 0.3) is 0 Å². The normalized spacial score (nSPS) is 13.5. The van der Waals surface area contributed by atoms with Crippen molar-refractivity contribution >= 4 is 17.4 Å². The fraction of sp³-hybridized carbons (Fsp3) is 0.636. The monoisotopic (exact) mass is 297 g/mol. The van der Waals surface area contributed by atoms with Crippen molar-refractivity contribution in [2.45, 2.75) is 45.0 Å². The Morgan fingerprint density at radius 1 is 1.16 bits per heavy atom. The molecule has 0 radical (unpaired) electrons. The van der Waals surface area contributed by atoms with E-state index in [9.17, 15) is 18.3 Å². The SMILES string of the molecule is CC(C)(O)C(C)(C)Nc1cc(C(F)(F)F)nc(Cl)n1. The van der Waals surface area contributed by atoms with Crippen LogP contribution >= 0.6 is 11.6 Å². The maximum Gasteiger partial charge on any atom is 0.433 e. The lowest BCUT2D eigenvalue weighted by Crippen LogP contribution is -2.51. The summed E-state index contributed by atoms with van der Waals surface area (Å²) in [7, 11) is 0. The van der Waals surface area contributed by atoms with Crippen molar-refractivity contribution in [1.29, 1.82) is 0 Å². The third-order valence-corrected chi connectivity index (χ3v) is 3.13. The van der Waals surface area contributed by atoms with E-state index < -0.39 is 28.3 Å². The Balaban J connectivity index is 3.13. The lowest BCUT2D eigenvalue weighted by molar-refractivity contribution is -0.141. The average Bonchev–Trinajstić information content (AvgIpc) is 2.12. The number of anilines is 1. The van der Waals surface area contributed by atoms with Gasteiger partial charge in [-0.15, -0.1) is 0 Å². The summed E-state index contributed by atoms with van der Waals surface area (Å²) in [4.78, 5) is 6.80. The molecule has 0 aliphatic heterocycles. The summed E-state index contributed by atoms with van der Waals surface area (Å²) >= 11 is 5.47. The van der Waals surface area contributed by atoms with Gasteiger partial charge in [0.05, 0.1) is 11.1 Å². The van der Waals surface area contributed by atoms with Crippen LogP contribution in [-0.4, -0.2) is 26.2 Å². The molecule has 0 amide bonds. The highest BCUT2D eigenvalue weighted by molar-refractivity contribution is 6.28. The summed E-state index contributed by atoms with van der Waals surface area (Å²) in [5.74, 6) is -0.0977. The Bertz CT molecular complexity index is 469. The number of hydrogen-bond donors (Lipinski definition) is 2. The zero-order valence-electron chi connectivity index (χ0n) is 10.9. The predicted octanol–water partition coefficient (Wildman–Crippen LogP) is 3.11. The van der Waals surface area contributed by atoms with Crippen LogP contribution in [0.3, 0.4) is 0 Å². The highest BCUT2D eigenvalue weighted by atomic mass is 35.5. The van der Waals surface area contributed by atoms with E-state index >= 15 is 0 Å². The first-order valence-corrected chi connectivity index (χ1v) is 5.83. The highest BCUT2D eigenvalue weighted by Crippen LogP contribution is 2.31. The van der Waals surface area contributed by atoms with Crippen LogP contribution in [0.1, 0.15) is 33.4 Å². The average molecular weight is 298 g/mol. The van der Waals surface area contributed by atoms with Crippen LogP contribution in [-0.2, 0) is 6.18 Å². The number of rotatable bonds is 3. The van der Waals surface area contributed by atoms with Gasteiger partial charge in [-0.25, -0.2) is 9.97 Å². The number of nitrogens with zero attached hydrogens (tertiary/aromatic N) is 2. The molecule has 0 saturated carbocycles. The topological polar surface area (TPSA) is 58.0 Å². The molecule has 0 aromatic carbocycles. The zero-order valence-corrected chi connectivity index (χ0v) is 11.7. The standard InChI is InChI=1S/C11H15ClF3N3O/c1-9(2,10(3,4)19)18-7-5-6(11(13,14)15)16-8(12)17-7/h5,19H,1-4H3,(H,16,17,18). The lowest BCUT2D eigenvalue weighted by Gasteiger charge is -2.38. The molecule has 0 aliphatic carbocycles. The summed E-state index contributed by atoms with van der Waals surface area (Å²) in [5.41, 5.74) is -3.22. The minimum absolute atomic E-state index is 0.0977. The molecule has 0 fully saturated rings. The van der Waals surface area contributed by atoms with Gasteiger partial charge in [0, 0.05) is 6.07 Å². The second-order valence-electron chi connectivity index (χ2n) is 5.21. The van der Waals surface area contributed by atoms with Crippen LogP contribution in [0.2, 0.25) is 5.28 Å². The summed E-state index contributed by atoms with van der Waals surface area (Å²) in [6, 6.07) is 0.749. The van der Waals surface area contributed by atoms with Crippen molar-refractivity contribution in [2.75, 3.05) is 5.32 Å². The molecule has 0 unspecified atom stereocenters. The Hall–Kier alpha value is -1.08. The fourth-order valence-corrected chi connectivity index (χ4v) is 1.28. The van der Waals surface area contributed by atoms with Gasteiger partial charge in [-0.1, -0.05) is 0 Å². The van der Waals surface area contributed by atoms with E-state index in [1.54, 1.807) is 13.8 Å². The molecular weight excluding hydrogens is 283 g/mol. The van der Waals surface area contributed by atoms with E-state index in [4.69, 9.17) is 11.6 Å². The quantitative estimate of drug-likeness (QED) is 0.842. The summed E-state index contributed by atoms with van der Waals surface area (Å²) in [5, 5.41) is 12.2. The van der Waals surface area contributed by atoms with Crippen molar-refractivity contribution < 1.29 is 18.3 Å². The number of aromatic nitrogens is 2. The molecule has 108 valence electrons. The summed E-state index contributed by atoms with van der Waals surface area (Å²) in [6.45, 7) is 6.34.